The number of hydrogen-bond donors (Lipinski definition) is 1. The first-order chi connectivity index (χ1) is 8.89. The molecule has 0 saturated heterocycles. The van der Waals surface area contributed by atoms with E-state index in [-0.39, 0.29) is 11.8 Å². The fraction of sp³-hybridized carbons (Fsp3) is 0.750. The highest BCUT2D eigenvalue weighted by Crippen LogP contribution is 2.24. The number of aryl methyl sites for hydroxylation is 1. The molecule has 1 aromatic rings. The Kier molecular flexibility index (Phi) is 6.29. The van der Waals surface area contributed by atoms with Crippen molar-refractivity contribution in [1.82, 2.24) is 15.1 Å². The van der Waals surface area contributed by atoms with Gasteiger partial charge in [0.2, 0.25) is 0 Å². The van der Waals surface area contributed by atoms with E-state index in [2.05, 4.69) is 10.4 Å². The van der Waals surface area contributed by atoms with Gasteiger partial charge in [0.25, 0.3) is 0 Å². The predicted octanol–water partition coefficient (Wildman–Crippen LogP) is 2.03. The van der Waals surface area contributed by atoms with Crippen LogP contribution in [0.15, 0.2) is 6.20 Å². The number of halogens is 1. The maximum atomic E-state index is 11.6. The Hall–Kier alpha value is -0.590. The minimum atomic E-state index is -3.09. The average molecular weight is 308 g/mol. The van der Waals surface area contributed by atoms with Gasteiger partial charge in [0.15, 0.2) is 0 Å². The molecule has 1 unspecified atom stereocenters. The van der Waals surface area contributed by atoms with Crippen LogP contribution in [0.1, 0.15) is 38.4 Å². The molecule has 7 heteroatoms. The highest BCUT2D eigenvalue weighted by molar-refractivity contribution is 7.90. The van der Waals surface area contributed by atoms with Crippen LogP contribution >= 0.6 is 11.6 Å². The lowest BCUT2D eigenvalue weighted by Gasteiger charge is -2.19. The number of sulfone groups is 1. The standard InChI is InChI=1S/C12H22ClN3O2S/c1-4-6-14-11(9-19(3,17)18)12-10(13)8-15-16(12)7-5-2/h8,11,14H,4-7,9H2,1-3H3. The number of nitrogens with zero attached hydrogens (tertiary/aromatic N) is 2. The Morgan fingerprint density at radius 3 is 2.63 bits per heavy atom. The van der Waals surface area contributed by atoms with Crippen molar-refractivity contribution in [3.05, 3.63) is 16.9 Å². The van der Waals surface area contributed by atoms with Crippen molar-refractivity contribution >= 4 is 21.4 Å². The molecule has 0 radical (unpaired) electrons. The largest absolute Gasteiger partial charge is 0.308 e. The molecule has 0 bridgehead atoms. The first-order valence-electron chi connectivity index (χ1n) is 6.51. The van der Waals surface area contributed by atoms with Gasteiger partial charge in [0, 0.05) is 12.8 Å². The quantitative estimate of drug-likeness (QED) is 0.798. The van der Waals surface area contributed by atoms with Crippen molar-refractivity contribution in [3.63, 3.8) is 0 Å². The normalized spacial score (nSPS) is 13.7. The van der Waals surface area contributed by atoms with E-state index < -0.39 is 9.84 Å². The number of rotatable bonds is 8. The van der Waals surface area contributed by atoms with Crippen LogP contribution < -0.4 is 5.32 Å². The van der Waals surface area contributed by atoms with Gasteiger partial charge in [-0.2, -0.15) is 5.10 Å². The van der Waals surface area contributed by atoms with Crippen molar-refractivity contribution in [2.75, 3.05) is 18.6 Å². The summed E-state index contributed by atoms with van der Waals surface area (Å²) in [5.74, 6) is 0.0299. The van der Waals surface area contributed by atoms with E-state index in [0.29, 0.717) is 5.02 Å². The van der Waals surface area contributed by atoms with Gasteiger partial charge in [0.05, 0.1) is 28.7 Å². The smallest absolute Gasteiger partial charge is 0.149 e. The van der Waals surface area contributed by atoms with Crippen LogP contribution in [0.25, 0.3) is 0 Å². The zero-order valence-corrected chi connectivity index (χ0v) is 13.3. The molecule has 5 nitrogen and oxygen atoms in total. The molecule has 1 heterocycles. The highest BCUT2D eigenvalue weighted by atomic mass is 35.5. The second-order valence-electron chi connectivity index (χ2n) is 4.70. The van der Waals surface area contributed by atoms with Gasteiger partial charge in [-0.15, -0.1) is 0 Å². The summed E-state index contributed by atoms with van der Waals surface area (Å²) in [5, 5.41) is 7.98. The van der Waals surface area contributed by atoms with Crippen LogP contribution in [0.2, 0.25) is 5.02 Å². The highest BCUT2D eigenvalue weighted by Gasteiger charge is 2.23. The van der Waals surface area contributed by atoms with Gasteiger partial charge in [-0.3, -0.25) is 4.68 Å². The summed E-state index contributed by atoms with van der Waals surface area (Å²) in [6.45, 7) is 5.56. The fourth-order valence-electron chi connectivity index (χ4n) is 1.96. The van der Waals surface area contributed by atoms with Gasteiger partial charge in [0.1, 0.15) is 9.84 Å². The summed E-state index contributed by atoms with van der Waals surface area (Å²) in [6.07, 6.45) is 4.67. The van der Waals surface area contributed by atoms with Crippen LogP contribution in [0.4, 0.5) is 0 Å². The molecule has 0 aliphatic heterocycles. The van der Waals surface area contributed by atoms with E-state index in [1.807, 2.05) is 13.8 Å². The molecule has 0 aliphatic carbocycles. The number of nitrogens with one attached hydrogen (secondary N) is 1. The van der Waals surface area contributed by atoms with Crippen LogP contribution in [-0.2, 0) is 16.4 Å². The molecule has 1 aromatic heterocycles. The SMILES string of the molecule is CCCNC(CS(C)(=O)=O)c1c(Cl)cnn1CCC. The lowest BCUT2D eigenvalue weighted by atomic mass is 10.2. The maximum Gasteiger partial charge on any atom is 0.149 e. The molecule has 1 N–H and O–H groups in total. The number of hydrogen-bond acceptors (Lipinski definition) is 4. The molecule has 19 heavy (non-hydrogen) atoms. The van der Waals surface area contributed by atoms with E-state index in [1.54, 1.807) is 10.9 Å². The van der Waals surface area contributed by atoms with E-state index in [4.69, 9.17) is 11.6 Å². The van der Waals surface area contributed by atoms with Gasteiger partial charge in [-0.05, 0) is 19.4 Å². The zero-order chi connectivity index (χ0) is 14.5. The van der Waals surface area contributed by atoms with Crippen molar-refractivity contribution in [1.29, 1.82) is 0 Å². The lowest BCUT2D eigenvalue weighted by Crippen LogP contribution is -2.30. The second-order valence-corrected chi connectivity index (χ2v) is 7.29. The third-order valence-electron chi connectivity index (χ3n) is 2.71. The van der Waals surface area contributed by atoms with Gasteiger partial charge in [-0.25, -0.2) is 8.42 Å². The Morgan fingerprint density at radius 1 is 1.42 bits per heavy atom. The summed E-state index contributed by atoms with van der Waals surface area (Å²) in [7, 11) is -3.09. The summed E-state index contributed by atoms with van der Waals surface area (Å²) >= 11 is 6.17. The zero-order valence-electron chi connectivity index (χ0n) is 11.7. The Labute approximate surface area is 120 Å². The molecular formula is C12H22ClN3O2S. The Morgan fingerprint density at radius 2 is 2.11 bits per heavy atom. The van der Waals surface area contributed by atoms with Crippen LogP contribution in [0.3, 0.4) is 0 Å². The van der Waals surface area contributed by atoms with Gasteiger partial charge in [-0.1, -0.05) is 25.4 Å². The van der Waals surface area contributed by atoms with E-state index in [9.17, 15) is 8.42 Å². The molecule has 1 atom stereocenters. The summed E-state index contributed by atoms with van der Waals surface area (Å²) in [6, 6.07) is -0.309. The van der Waals surface area contributed by atoms with Crippen molar-refractivity contribution in [3.8, 4) is 0 Å². The first kappa shape index (κ1) is 16.5. The second kappa shape index (κ2) is 7.26. The molecule has 0 fully saturated rings. The van der Waals surface area contributed by atoms with Crippen molar-refractivity contribution in [2.45, 2.75) is 39.3 Å². The van der Waals surface area contributed by atoms with Crippen molar-refractivity contribution in [2.24, 2.45) is 0 Å². The molecule has 0 spiro atoms. The van der Waals surface area contributed by atoms with E-state index in [0.717, 1.165) is 31.6 Å². The topological polar surface area (TPSA) is 64.0 Å². The van der Waals surface area contributed by atoms with Crippen LogP contribution in [-0.4, -0.2) is 36.8 Å². The van der Waals surface area contributed by atoms with E-state index in [1.165, 1.54) is 6.26 Å². The summed E-state index contributed by atoms with van der Waals surface area (Å²) < 4.78 is 24.9. The van der Waals surface area contributed by atoms with Crippen LogP contribution in [0.5, 0.6) is 0 Å². The van der Waals surface area contributed by atoms with E-state index >= 15 is 0 Å². The van der Waals surface area contributed by atoms with Crippen molar-refractivity contribution < 1.29 is 8.42 Å². The Balaban J connectivity index is 3.05. The predicted molar refractivity (Wildman–Crippen MR) is 78.3 cm³/mol. The molecule has 0 saturated carbocycles. The maximum absolute atomic E-state index is 11.6. The van der Waals surface area contributed by atoms with Crippen LogP contribution in [0, 0.1) is 0 Å². The first-order valence-corrected chi connectivity index (χ1v) is 8.95. The number of aromatic nitrogens is 2. The monoisotopic (exact) mass is 307 g/mol. The molecule has 0 aliphatic rings. The minimum absolute atomic E-state index is 0.0299. The molecular weight excluding hydrogens is 286 g/mol. The average Bonchev–Trinajstić information content (AvgIpc) is 2.65. The third-order valence-corrected chi connectivity index (χ3v) is 3.94. The fourth-order valence-corrected chi connectivity index (χ4v) is 3.12. The molecule has 110 valence electrons. The molecule has 0 aromatic carbocycles. The minimum Gasteiger partial charge on any atom is -0.308 e. The lowest BCUT2D eigenvalue weighted by molar-refractivity contribution is 0.490. The molecule has 0 amide bonds. The van der Waals surface area contributed by atoms with Gasteiger partial charge >= 0.3 is 0 Å². The van der Waals surface area contributed by atoms with Gasteiger partial charge < -0.3 is 5.32 Å². The Bertz CT molecular complexity index is 499. The summed E-state index contributed by atoms with van der Waals surface area (Å²) in [5.41, 5.74) is 0.766. The molecule has 1 rings (SSSR count). The summed E-state index contributed by atoms with van der Waals surface area (Å²) in [4.78, 5) is 0. The third kappa shape index (κ3) is 5.12.